The predicted octanol–water partition coefficient (Wildman–Crippen LogP) is 3.34. The zero-order valence-corrected chi connectivity index (χ0v) is 14.9. The van der Waals surface area contributed by atoms with E-state index in [1.54, 1.807) is 0 Å². The monoisotopic (exact) mass is 325 g/mol. The Hall–Kier alpha value is -1.75. The van der Waals surface area contributed by atoms with E-state index in [1.165, 1.54) is 31.4 Å². The Labute approximate surface area is 144 Å². The summed E-state index contributed by atoms with van der Waals surface area (Å²) in [5.74, 6) is 0. The molecular formula is C19H27N5. The van der Waals surface area contributed by atoms with Gasteiger partial charge in [-0.25, -0.2) is 4.68 Å². The molecule has 2 aromatic heterocycles. The van der Waals surface area contributed by atoms with Crippen LogP contribution in [0.25, 0.3) is 0 Å². The van der Waals surface area contributed by atoms with E-state index in [2.05, 4.69) is 64.0 Å². The average Bonchev–Trinajstić information content (AvgIpc) is 3.12. The third-order valence-electron chi connectivity index (χ3n) is 5.58. The fourth-order valence-electron chi connectivity index (χ4n) is 4.20. The van der Waals surface area contributed by atoms with Crippen LogP contribution in [0.5, 0.6) is 0 Å². The van der Waals surface area contributed by atoms with Crippen molar-refractivity contribution in [3.63, 3.8) is 0 Å². The SMILES string of the molecule is CC(C)(C)c1cn(C2CC3CCC(C2)N3Cc2ccccn2)nn1. The van der Waals surface area contributed by atoms with Gasteiger partial charge in [0.05, 0.1) is 17.4 Å². The van der Waals surface area contributed by atoms with Gasteiger partial charge in [0.25, 0.3) is 0 Å². The largest absolute Gasteiger partial charge is 0.291 e. The zero-order chi connectivity index (χ0) is 16.7. The molecule has 2 atom stereocenters. The highest BCUT2D eigenvalue weighted by Crippen LogP contribution is 2.41. The quantitative estimate of drug-likeness (QED) is 0.868. The molecule has 4 heterocycles. The lowest BCUT2D eigenvalue weighted by Gasteiger charge is -2.38. The van der Waals surface area contributed by atoms with Crippen LogP contribution in [0, 0.1) is 0 Å². The van der Waals surface area contributed by atoms with Crippen LogP contribution in [-0.2, 0) is 12.0 Å². The Morgan fingerprint density at radius 3 is 2.42 bits per heavy atom. The molecule has 0 spiro atoms. The summed E-state index contributed by atoms with van der Waals surface area (Å²) in [6.45, 7) is 7.56. The van der Waals surface area contributed by atoms with E-state index in [0.29, 0.717) is 18.1 Å². The standard InChI is InChI=1S/C19H27N5/c1-19(2,3)18-13-24(22-21-18)17-10-15-7-8-16(11-17)23(15)12-14-6-4-5-9-20-14/h4-6,9,13,15-17H,7-8,10-12H2,1-3H3. The highest BCUT2D eigenvalue weighted by molar-refractivity contribution is 5.09. The first kappa shape index (κ1) is 15.8. The Balaban J connectivity index is 1.47. The summed E-state index contributed by atoms with van der Waals surface area (Å²) in [4.78, 5) is 7.17. The van der Waals surface area contributed by atoms with Crippen LogP contribution in [0.4, 0.5) is 0 Å². The molecule has 2 fully saturated rings. The second kappa shape index (κ2) is 5.96. The lowest BCUT2D eigenvalue weighted by molar-refractivity contribution is 0.0932. The van der Waals surface area contributed by atoms with Gasteiger partial charge < -0.3 is 0 Å². The normalized spacial score (nSPS) is 27.5. The topological polar surface area (TPSA) is 46.8 Å². The number of pyridine rings is 1. The number of fused-ring (bicyclic) bond motifs is 2. The van der Waals surface area contributed by atoms with Crippen molar-refractivity contribution in [1.82, 2.24) is 24.9 Å². The van der Waals surface area contributed by atoms with Crippen LogP contribution < -0.4 is 0 Å². The van der Waals surface area contributed by atoms with E-state index in [9.17, 15) is 0 Å². The summed E-state index contributed by atoms with van der Waals surface area (Å²) in [5.41, 5.74) is 2.34. The van der Waals surface area contributed by atoms with Crippen LogP contribution >= 0.6 is 0 Å². The first-order chi connectivity index (χ1) is 11.5. The maximum atomic E-state index is 4.51. The Bertz CT molecular complexity index is 673. The molecule has 0 N–H and O–H groups in total. The average molecular weight is 325 g/mol. The maximum absolute atomic E-state index is 4.51. The van der Waals surface area contributed by atoms with Gasteiger partial charge in [-0.3, -0.25) is 9.88 Å². The fraction of sp³-hybridized carbons (Fsp3) is 0.632. The Kier molecular flexibility index (Phi) is 3.91. The van der Waals surface area contributed by atoms with E-state index in [-0.39, 0.29) is 5.41 Å². The van der Waals surface area contributed by atoms with Gasteiger partial charge in [-0.2, -0.15) is 0 Å². The molecule has 0 aliphatic carbocycles. The molecule has 0 radical (unpaired) electrons. The minimum Gasteiger partial charge on any atom is -0.291 e. The first-order valence-electron chi connectivity index (χ1n) is 9.08. The number of hydrogen-bond donors (Lipinski definition) is 0. The minimum atomic E-state index is 0.0664. The highest BCUT2D eigenvalue weighted by Gasteiger charge is 2.41. The van der Waals surface area contributed by atoms with Crippen LogP contribution in [0.2, 0.25) is 0 Å². The van der Waals surface area contributed by atoms with Crippen LogP contribution in [0.15, 0.2) is 30.6 Å². The zero-order valence-electron chi connectivity index (χ0n) is 14.9. The van der Waals surface area contributed by atoms with Gasteiger partial charge in [-0.05, 0) is 37.8 Å². The van der Waals surface area contributed by atoms with E-state index in [1.807, 2.05) is 12.3 Å². The maximum Gasteiger partial charge on any atom is 0.0880 e. The third kappa shape index (κ3) is 2.97. The molecule has 0 saturated carbocycles. The Morgan fingerprint density at radius 2 is 1.83 bits per heavy atom. The molecule has 2 unspecified atom stereocenters. The summed E-state index contributed by atoms with van der Waals surface area (Å²) in [6, 6.07) is 8.00. The lowest BCUT2D eigenvalue weighted by Crippen LogP contribution is -2.43. The summed E-state index contributed by atoms with van der Waals surface area (Å²) in [7, 11) is 0. The second-order valence-electron chi connectivity index (χ2n) is 8.34. The molecule has 24 heavy (non-hydrogen) atoms. The molecule has 2 bridgehead atoms. The second-order valence-corrected chi connectivity index (χ2v) is 8.34. The summed E-state index contributed by atoms with van der Waals surface area (Å²) < 4.78 is 2.13. The highest BCUT2D eigenvalue weighted by atomic mass is 15.4. The lowest BCUT2D eigenvalue weighted by atomic mass is 9.93. The van der Waals surface area contributed by atoms with Crippen molar-refractivity contribution in [2.24, 2.45) is 0 Å². The van der Waals surface area contributed by atoms with E-state index in [0.717, 1.165) is 12.2 Å². The van der Waals surface area contributed by atoms with E-state index in [4.69, 9.17) is 0 Å². The molecule has 2 saturated heterocycles. The van der Waals surface area contributed by atoms with Crippen LogP contribution in [0.3, 0.4) is 0 Å². The fourth-order valence-corrected chi connectivity index (χ4v) is 4.20. The van der Waals surface area contributed by atoms with Gasteiger partial charge >= 0.3 is 0 Å². The molecule has 4 rings (SSSR count). The number of rotatable bonds is 3. The predicted molar refractivity (Wildman–Crippen MR) is 93.6 cm³/mol. The summed E-state index contributed by atoms with van der Waals surface area (Å²) in [5, 5.41) is 8.86. The number of nitrogens with zero attached hydrogens (tertiary/aromatic N) is 5. The molecule has 5 nitrogen and oxygen atoms in total. The minimum absolute atomic E-state index is 0.0664. The van der Waals surface area contributed by atoms with Crippen LogP contribution in [0.1, 0.15) is 63.9 Å². The van der Waals surface area contributed by atoms with Gasteiger partial charge in [-0.15, -0.1) is 5.10 Å². The first-order valence-corrected chi connectivity index (χ1v) is 9.08. The smallest absolute Gasteiger partial charge is 0.0880 e. The van der Waals surface area contributed by atoms with Gasteiger partial charge in [0, 0.05) is 36.4 Å². The Morgan fingerprint density at radius 1 is 1.08 bits per heavy atom. The van der Waals surface area contributed by atoms with Gasteiger partial charge in [-0.1, -0.05) is 32.1 Å². The van der Waals surface area contributed by atoms with Gasteiger partial charge in [0.15, 0.2) is 0 Å². The number of hydrogen-bond acceptors (Lipinski definition) is 4. The molecule has 2 aromatic rings. The van der Waals surface area contributed by atoms with Crippen molar-refractivity contribution >= 4 is 0 Å². The van der Waals surface area contributed by atoms with Crippen molar-refractivity contribution < 1.29 is 0 Å². The molecule has 5 heteroatoms. The van der Waals surface area contributed by atoms with Gasteiger partial charge in [0.2, 0.25) is 0 Å². The van der Waals surface area contributed by atoms with Crippen molar-refractivity contribution in [3.8, 4) is 0 Å². The molecular weight excluding hydrogens is 298 g/mol. The molecule has 0 aromatic carbocycles. The molecule has 0 amide bonds. The van der Waals surface area contributed by atoms with Crippen molar-refractivity contribution in [1.29, 1.82) is 0 Å². The number of piperidine rings is 1. The molecule has 2 aliphatic rings. The molecule has 128 valence electrons. The van der Waals surface area contributed by atoms with Gasteiger partial charge in [0.1, 0.15) is 0 Å². The van der Waals surface area contributed by atoms with E-state index >= 15 is 0 Å². The summed E-state index contributed by atoms with van der Waals surface area (Å²) >= 11 is 0. The van der Waals surface area contributed by atoms with Crippen LogP contribution in [-0.4, -0.2) is 37.0 Å². The van der Waals surface area contributed by atoms with Crippen molar-refractivity contribution in [3.05, 3.63) is 42.0 Å². The van der Waals surface area contributed by atoms with E-state index < -0.39 is 0 Å². The number of aromatic nitrogens is 4. The van der Waals surface area contributed by atoms with Crippen molar-refractivity contribution in [2.45, 2.75) is 76.5 Å². The van der Waals surface area contributed by atoms with Crippen molar-refractivity contribution in [2.75, 3.05) is 0 Å². The summed E-state index contributed by atoms with van der Waals surface area (Å²) in [6.07, 6.45) is 9.02. The third-order valence-corrected chi connectivity index (χ3v) is 5.58. The molecule has 2 aliphatic heterocycles.